The molecule has 0 fully saturated rings. The molecule has 0 spiro atoms. The highest BCUT2D eigenvalue weighted by Gasteiger charge is 2.28. The third kappa shape index (κ3) is 4.00. The number of rotatable bonds is 1. The van der Waals surface area contributed by atoms with Gasteiger partial charge in [-0.05, 0) is 32.1 Å². The number of amides is 1. The molecule has 0 aromatic carbocycles. The van der Waals surface area contributed by atoms with Crippen molar-refractivity contribution in [1.29, 1.82) is 0 Å². The number of carbonyl (C=O) groups is 1. The van der Waals surface area contributed by atoms with Crippen LogP contribution in [0.3, 0.4) is 0 Å². The zero-order valence-corrected chi connectivity index (χ0v) is 19.9. The van der Waals surface area contributed by atoms with E-state index in [4.69, 9.17) is 9.47 Å². The largest absolute Gasteiger partial charge is 0.479 e. The predicted octanol–water partition coefficient (Wildman–Crippen LogP) is 1.44. The van der Waals surface area contributed by atoms with Crippen LogP contribution < -0.4 is 4.74 Å². The van der Waals surface area contributed by atoms with Gasteiger partial charge in [0.15, 0.2) is 14.9 Å². The van der Waals surface area contributed by atoms with E-state index in [1.54, 1.807) is 40.1 Å². The van der Waals surface area contributed by atoms with Gasteiger partial charge >= 0.3 is 0 Å². The van der Waals surface area contributed by atoms with Gasteiger partial charge in [0.25, 0.3) is 5.91 Å². The van der Waals surface area contributed by atoms with Gasteiger partial charge in [-0.25, -0.2) is 13.4 Å². The number of hydrogen-bond acceptors (Lipinski definition) is 8. The number of hydrogen-bond donors (Lipinski definition) is 1. The summed E-state index contributed by atoms with van der Waals surface area (Å²) in [5.41, 5.74) is 2.50. The van der Waals surface area contributed by atoms with E-state index in [0.717, 1.165) is 0 Å². The smallest absolute Gasteiger partial charge is 0.272 e. The van der Waals surface area contributed by atoms with Crippen molar-refractivity contribution in [3.05, 3.63) is 28.7 Å². The van der Waals surface area contributed by atoms with E-state index >= 15 is 0 Å². The number of sulfone groups is 1. The monoisotopic (exact) mass is 474 g/mol. The van der Waals surface area contributed by atoms with Crippen molar-refractivity contribution >= 4 is 38.8 Å². The fourth-order valence-electron chi connectivity index (χ4n) is 3.70. The molecule has 0 radical (unpaired) electrons. The average Bonchev–Trinajstić information content (AvgIpc) is 3.34. The van der Waals surface area contributed by atoms with Gasteiger partial charge in [0.05, 0.1) is 48.0 Å². The van der Waals surface area contributed by atoms with Crippen molar-refractivity contribution in [2.45, 2.75) is 24.1 Å². The van der Waals surface area contributed by atoms with Gasteiger partial charge in [0, 0.05) is 26.0 Å². The molecule has 12 heteroatoms. The van der Waals surface area contributed by atoms with Gasteiger partial charge in [-0.2, -0.15) is 5.10 Å². The molecule has 4 heterocycles. The Morgan fingerprint density at radius 3 is 2.76 bits per heavy atom. The van der Waals surface area contributed by atoms with Gasteiger partial charge in [-0.15, -0.1) is 5.10 Å². The zero-order chi connectivity index (χ0) is 23.9. The Labute approximate surface area is 191 Å². The summed E-state index contributed by atoms with van der Waals surface area (Å²) in [5.74, 6) is 0.0242. The maximum absolute atomic E-state index is 13.2. The minimum atomic E-state index is -3.74. The van der Waals surface area contributed by atoms with Crippen LogP contribution in [0.15, 0.2) is 11.1 Å². The molecule has 33 heavy (non-hydrogen) atoms. The van der Waals surface area contributed by atoms with E-state index in [1.807, 2.05) is 0 Å². The molecular weight excluding hydrogens is 448 g/mol. The molecule has 0 saturated heterocycles. The molecule has 0 aliphatic carbocycles. The Morgan fingerprint density at radius 2 is 2.03 bits per heavy atom. The van der Waals surface area contributed by atoms with Gasteiger partial charge < -0.3 is 14.4 Å². The topological polar surface area (TPSA) is 132 Å². The number of likely N-dealkylation sites (N-methyl/N-ethyl adjacent to an activating group) is 1. The van der Waals surface area contributed by atoms with Crippen molar-refractivity contribution in [2.24, 2.45) is 7.05 Å². The molecule has 3 aromatic heterocycles. The van der Waals surface area contributed by atoms with Gasteiger partial charge in [-0.1, -0.05) is 0 Å². The minimum Gasteiger partial charge on any atom is -0.479 e. The fourth-order valence-corrected chi connectivity index (χ4v) is 4.93. The summed E-state index contributed by atoms with van der Waals surface area (Å²) in [5, 5.41) is 11.3. The van der Waals surface area contributed by atoms with Crippen LogP contribution in [-0.2, 0) is 21.6 Å². The van der Waals surface area contributed by atoms with Crippen molar-refractivity contribution in [3.63, 3.8) is 0 Å². The van der Waals surface area contributed by atoms with Crippen LogP contribution in [0.4, 0.5) is 0 Å². The molecule has 1 amide bonds. The van der Waals surface area contributed by atoms with Crippen molar-refractivity contribution in [1.82, 2.24) is 29.9 Å². The summed E-state index contributed by atoms with van der Waals surface area (Å²) in [6.07, 6.45) is 3.39. The Bertz CT molecular complexity index is 1360. The fraction of sp³-hybridized carbons (Fsp3) is 0.429. The van der Waals surface area contributed by atoms with Crippen LogP contribution in [0.25, 0.3) is 23.1 Å². The zero-order valence-electron chi connectivity index (χ0n) is 19.1. The molecule has 3 aromatic rings. The van der Waals surface area contributed by atoms with Gasteiger partial charge in [0.2, 0.25) is 5.88 Å². The van der Waals surface area contributed by atoms with Crippen LogP contribution >= 0.6 is 0 Å². The lowest BCUT2D eigenvalue weighted by molar-refractivity contribution is 0.0688. The first-order valence-electron chi connectivity index (χ1n) is 10.4. The first kappa shape index (κ1) is 22.9. The molecule has 11 nitrogen and oxygen atoms in total. The third-order valence-electron chi connectivity index (χ3n) is 5.69. The number of methoxy groups -OCH3 is 1. The van der Waals surface area contributed by atoms with Gasteiger partial charge in [0.1, 0.15) is 5.69 Å². The molecule has 4 rings (SSSR count). The number of nitrogens with one attached hydrogen (secondary N) is 1. The molecule has 1 N–H and O–H groups in total. The molecule has 176 valence electrons. The molecular formula is C21H26N6O5S. The Hall–Kier alpha value is -3.25. The molecule has 1 aliphatic rings. The second kappa shape index (κ2) is 8.60. The number of aryl methyl sites for hydroxylation is 2. The van der Waals surface area contributed by atoms with Crippen molar-refractivity contribution in [2.75, 3.05) is 33.9 Å². The number of ether oxygens (including phenoxy) is 2. The van der Waals surface area contributed by atoms with Crippen LogP contribution in [0.1, 0.15) is 34.4 Å². The first-order chi connectivity index (χ1) is 15.6. The number of aromatic amines is 1. The minimum absolute atomic E-state index is 0.0218. The molecule has 2 bridgehead atoms. The van der Waals surface area contributed by atoms with Crippen molar-refractivity contribution in [3.8, 4) is 5.88 Å². The van der Waals surface area contributed by atoms with Crippen LogP contribution in [0.2, 0.25) is 0 Å². The normalized spacial score (nSPS) is 20.2. The summed E-state index contributed by atoms with van der Waals surface area (Å²) >= 11 is 0. The summed E-state index contributed by atoms with van der Waals surface area (Å²) < 4.78 is 38.7. The molecule has 0 saturated carbocycles. The second-order valence-corrected chi connectivity index (χ2v) is 10.3. The van der Waals surface area contributed by atoms with E-state index < -0.39 is 15.1 Å². The predicted molar refractivity (Wildman–Crippen MR) is 122 cm³/mol. The lowest BCUT2D eigenvalue weighted by Crippen LogP contribution is -2.33. The Kier molecular flexibility index (Phi) is 5.97. The van der Waals surface area contributed by atoms with E-state index in [9.17, 15) is 13.2 Å². The maximum atomic E-state index is 13.2. The summed E-state index contributed by atoms with van der Waals surface area (Å²) in [6, 6.07) is 1.52. The quantitative estimate of drug-likeness (QED) is 0.560. The lowest BCUT2D eigenvalue weighted by atomic mass is 10.1. The summed E-state index contributed by atoms with van der Waals surface area (Å²) in [4.78, 5) is 19.0. The lowest BCUT2D eigenvalue weighted by Gasteiger charge is -2.19. The highest BCUT2D eigenvalue weighted by molar-refractivity contribution is 7.92. The highest BCUT2D eigenvalue weighted by atomic mass is 32.2. The third-order valence-corrected chi connectivity index (χ3v) is 7.67. The average molecular weight is 475 g/mol. The van der Waals surface area contributed by atoms with E-state index in [2.05, 4.69) is 20.3 Å². The van der Waals surface area contributed by atoms with Crippen LogP contribution in [0.5, 0.6) is 5.88 Å². The van der Waals surface area contributed by atoms with Crippen LogP contribution in [0, 0.1) is 6.92 Å². The highest BCUT2D eigenvalue weighted by Crippen LogP contribution is 2.28. The summed E-state index contributed by atoms with van der Waals surface area (Å²) in [6.45, 7) is 3.74. The Balaban J connectivity index is 1.93. The van der Waals surface area contributed by atoms with Crippen molar-refractivity contribution < 1.29 is 22.7 Å². The first-order valence-corrected chi connectivity index (χ1v) is 11.9. The number of H-pyrrole nitrogens is 1. The van der Waals surface area contributed by atoms with Crippen LogP contribution in [-0.4, -0.2) is 83.4 Å². The second-order valence-electron chi connectivity index (χ2n) is 7.96. The Morgan fingerprint density at radius 1 is 1.27 bits per heavy atom. The summed E-state index contributed by atoms with van der Waals surface area (Å²) in [7, 11) is 1.07. The molecule has 1 atom stereocenters. The molecule has 1 aliphatic heterocycles. The number of pyridine rings is 1. The number of aromatic nitrogens is 5. The number of fused-ring (bicyclic) bond motifs is 2. The molecule has 0 unspecified atom stereocenters. The number of nitrogens with zero attached hydrogens (tertiary/aromatic N) is 5. The van der Waals surface area contributed by atoms with E-state index in [1.165, 1.54) is 22.8 Å². The van der Waals surface area contributed by atoms with Gasteiger partial charge in [-0.3, -0.25) is 14.6 Å². The SMILES string of the molecule is COc1nn(C)c2c1/C=C/c1n[nH]c3c(C)nc(cc13)S(=O)(=O)[C@@H](C)COCCN(C)C2=O. The van der Waals surface area contributed by atoms with E-state index in [0.29, 0.717) is 33.5 Å². The maximum Gasteiger partial charge on any atom is 0.272 e. The van der Waals surface area contributed by atoms with E-state index in [-0.39, 0.29) is 36.6 Å². The standard InChI is InChI=1S/C21H26N6O5S/c1-12-11-32-9-8-26(3)21(28)19-14(20(31-5)25-27(19)4)6-7-16-15-10-17(33(12,29)30)22-13(2)18(15)24-23-16/h6-7,10,12H,8-9,11H2,1-5H3,(H,23,24)/b7-6+/t12-/m0/s1. The number of carbonyl (C=O) groups excluding carboxylic acids is 1.